The van der Waals surface area contributed by atoms with Gasteiger partial charge in [-0.15, -0.1) is 11.3 Å². The van der Waals surface area contributed by atoms with Crippen LogP contribution in [0.1, 0.15) is 28.9 Å². The number of thiazole rings is 1. The molecule has 2 unspecified atom stereocenters. The van der Waals surface area contributed by atoms with Gasteiger partial charge >= 0.3 is 5.97 Å². The van der Waals surface area contributed by atoms with Crippen LogP contribution in [-0.4, -0.2) is 80.8 Å². The number of nitrogens with two attached hydrogens (primary N) is 1. The van der Waals surface area contributed by atoms with Crippen molar-refractivity contribution < 1.29 is 42.9 Å². The molecule has 0 bridgehead atoms. The third kappa shape index (κ3) is 10.7. The highest BCUT2D eigenvalue weighted by atomic mass is 32.1. The second-order valence-electron chi connectivity index (χ2n) is 9.64. The second kappa shape index (κ2) is 17.0. The zero-order chi connectivity index (χ0) is 32.1. The first-order chi connectivity index (χ1) is 21.1. The topological polar surface area (TPSA) is 197 Å². The molecule has 2 atom stereocenters. The minimum atomic E-state index is -0.910. The van der Waals surface area contributed by atoms with Gasteiger partial charge in [-0.05, 0) is 18.4 Å². The van der Waals surface area contributed by atoms with Crippen molar-refractivity contribution in [2.75, 3.05) is 40.1 Å². The Morgan fingerprint density at radius 1 is 1.09 bits per heavy atom. The number of nitrogens with zero attached hydrogens (tertiary/aromatic N) is 1. The van der Waals surface area contributed by atoms with Crippen molar-refractivity contribution in [1.29, 1.82) is 0 Å². The number of amides is 4. The molecule has 2 aromatic rings. The minimum Gasteiger partial charge on any atom is -0.458 e. The Hall–Kier alpha value is -4.44. The maximum atomic E-state index is 12.7. The van der Waals surface area contributed by atoms with E-state index < -0.39 is 29.8 Å². The van der Waals surface area contributed by atoms with Gasteiger partial charge in [0.2, 0.25) is 11.8 Å². The maximum Gasteiger partial charge on any atom is 0.354 e. The van der Waals surface area contributed by atoms with Crippen LogP contribution < -0.4 is 21.7 Å². The number of aromatic nitrogens is 1. The summed E-state index contributed by atoms with van der Waals surface area (Å²) in [6, 6.07) is 7.27. The van der Waals surface area contributed by atoms with Gasteiger partial charge in [0.1, 0.15) is 29.6 Å². The average Bonchev–Trinajstić information content (AvgIpc) is 3.52. The Morgan fingerprint density at radius 2 is 1.84 bits per heavy atom. The van der Waals surface area contributed by atoms with Gasteiger partial charge in [0.25, 0.3) is 11.8 Å². The third-order valence-corrected chi connectivity index (χ3v) is 7.20. The summed E-state index contributed by atoms with van der Waals surface area (Å²) in [5.41, 5.74) is 6.29. The summed E-state index contributed by atoms with van der Waals surface area (Å²) >= 11 is 1.23. The van der Waals surface area contributed by atoms with E-state index in [0.29, 0.717) is 44.2 Å². The molecular formula is C29H35N5O9S. The first-order valence-corrected chi connectivity index (χ1v) is 14.4. The number of carbonyl (C=O) groups is 5. The maximum absolute atomic E-state index is 12.7. The van der Waals surface area contributed by atoms with Gasteiger partial charge in [0, 0.05) is 37.1 Å². The van der Waals surface area contributed by atoms with Gasteiger partial charge in [-0.2, -0.15) is 0 Å². The number of rotatable bonds is 16. The zero-order valence-corrected chi connectivity index (χ0v) is 25.0. The van der Waals surface area contributed by atoms with E-state index in [4.69, 9.17) is 24.7 Å². The lowest BCUT2D eigenvalue weighted by atomic mass is 9.95. The van der Waals surface area contributed by atoms with Crippen molar-refractivity contribution in [3.63, 3.8) is 0 Å². The van der Waals surface area contributed by atoms with Crippen LogP contribution in [0.15, 0.2) is 54.2 Å². The third-order valence-electron chi connectivity index (χ3n) is 6.31. The standard InChI is InChI=1S/C29H35N5O9S/c1-17(26(37)33-18(2)29(39)43-14-22-12-21(25(30)36)8-9-42-22)32-27(38)23-16-44-28(34-23)20-6-4-19(5-7-20)13-31-24(35)15-41-11-10-40-3/h4-7,16,21-22H,1-2,8-15H2,3H3,(H2,30,36)(H,31,35)(H,32,38)(H,33,37). The number of carbonyl (C=O) groups excluding carboxylic acids is 5. The van der Waals surface area contributed by atoms with Crippen LogP contribution in [0.4, 0.5) is 0 Å². The Kier molecular flexibility index (Phi) is 13.2. The summed E-state index contributed by atoms with van der Waals surface area (Å²) in [7, 11) is 1.55. The average molecular weight is 630 g/mol. The molecule has 4 amide bonds. The number of nitrogens with one attached hydrogen (secondary N) is 3. The number of benzene rings is 1. The molecular weight excluding hydrogens is 594 g/mol. The van der Waals surface area contributed by atoms with Gasteiger partial charge in [0.15, 0.2) is 0 Å². The molecule has 2 heterocycles. The molecule has 1 aliphatic rings. The molecule has 14 nitrogen and oxygen atoms in total. The number of primary amides is 1. The van der Waals surface area contributed by atoms with Crippen molar-refractivity contribution >= 4 is 40.9 Å². The van der Waals surface area contributed by atoms with E-state index in [0.717, 1.165) is 11.1 Å². The molecule has 44 heavy (non-hydrogen) atoms. The fraction of sp³-hybridized carbons (Fsp3) is 0.379. The molecule has 0 saturated carbocycles. The zero-order valence-electron chi connectivity index (χ0n) is 24.2. The highest BCUT2D eigenvalue weighted by Crippen LogP contribution is 2.24. The lowest BCUT2D eigenvalue weighted by Crippen LogP contribution is -2.38. The van der Waals surface area contributed by atoms with Crippen molar-refractivity contribution in [3.8, 4) is 10.6 Å². The summed E-state index contributed by atoms with van der Waals surface area (Å²) in [5, 5.41) is 9.43. The molecule has 1 saturated heterocycles. The smallest absolute Gasteiger partial charge is 0.354 e. The summed E-state index contributed by atoms with van der Waals surface area (Å²) in [5.74, 6) is -3.50. The quantitative estimate of drug-likeness (QED) is 0.117. The molecule has 1 aromatic heterocycles. The Morgan fingerprint density at radius 3 is 2.55 bits per heavy atom. The van der Waals surface area contributed by atoms with Crippen LogP contribution in [0.5, 0.6) is 0 Å². The van der Waals surface area contributed by atoms with Gasteiger partial charge in [-0.25, -0.2) is 9.78 Å². The van der Waals surface area contributed by atoms with Crippen LogP contribution in [0.2, 0.25) is 0 Å². The minimum absolute atomic E-state index is 0.0574. The van der Waals surface area contributed by atoms with E-state index >= 15 is 0 Å². The van der Waals surface area contributed by atoms with E-state index in [1.54, 1.807) is 7.11 Å². The molecule has 1 aromatic carbocycles. The van der Waals surface area contributed by atoms with Gasteiger partial charge in [-0.1, -0.05) is 37.4 Å². The predicted molar refractivity (Wildman–Crippen MR) is 159 cm³/mol. The van der Waals surface area contributed by atoms with Gasteiger partial charge in [0.05, 0.1) is 25.0 Å². The van der Waals surface area contributed by atoms with E-state index in [1.807, 2.05) is 24.3 Å². The fourth-order valence-corrected chi connectivity index (χ4v) is 4.67. The first-order valence-electron chi connectivity index (χ1n) is 13.5. The van der Waals surface area contributed by atoms with E-state index in [9.17, 15) is 24.0 Å². The monoisotopic (exact) mass is 629 g/mol. The van der Waals surface area contributed by atoms with Crippen LogP contribution in [0.25, 0.3) is 10.6 Å². The summed E-state index contributed by atoms with van der Waals surface area (Å²) in [4.78, 5) is 64.9. The summed E-state index contributed by atoms with van der Waals surface area (Å²) in [6.07, 6.45) is 0.315. The number of hydrogen-bond acceptors (Lipinski definition) is 11. The molecule has 236 valence electrons. The Labute approximate surface area is 258 Å². The Bertz CT molecular complexity index is 1380. The second-order valence-corrected chi connectivity index (χ2v) is 10.5. The van der Waals surface area contributed by atoms with E-state index in [2.05, 4.69) is 34.1 Å². The summed E-state index contributed by atoms with van der Waals surface area (Å²) in [6.45, 7) is 8.19. The number of ether oxygens (including phenoxy) is 4. The van der Waals surface area contributed by atoms with Crippen LogP contribution >= 0.6 is 11.3 Å². The molecule has 1 aliphatic heterocycles. The number of hydrogen-bond donors (Lipinski definition) is 4. The normalized spacial score (nSPS) is 15.9. The van der Waals surface area contributed by atoms with E-state index in [-0.39, 0.29) is 42.1 Å². The van der Waals surface area contributed by atoms with Gasteiger partial charge < -0.3 is 40.6 Å². The van der Waals surface area contributed by atoms with Gasteiger partial charge in [-0.3, -0.25) is 19.2 Å². The van der Waals surface area contributed by atoms with Crippen molar-refractivity contribution in [3.05, 3.63) is 65.5 Å². The van der Waals surface area contributed by atoms with E-state index in [1.165, 1.54) is 16.7 Å². The van der Waals surface area contributed by atoms with Crippen LogP contribution in [0, 0.1) is 5.92 Å². The molecule has 15 heteroatoms. The molecule has 0 spiro atoms. The van der Waals surface area contributed by atoms with Crippen molar-refractivity contribution in [1.82, 2.24) is 20.9 Å². The fourth-order valence-electron chi connectivity index (χ4n) is 3.87. The van der Waals surface area contributed by atoms with Crippen molar-refractivity contribution in [2.24, 2.45) is 11.7 Å². The molecule has 0 radical (unpaired) electrons. The largest absolute Gasteiger partial charge is 0.458 e. The first kappa shape index (κ1) is 34.1. The van der Waals surface area contributed by atoms with Crippen molar-refractivity contribution in [2.45, 2.75) is 25.5 Å². The highest BCUT2D eigenvalue weighted by molar-refractivity contribution is 7.13. The highest BCUT2D eigenvalue weighted by Gasteiger charge is 2.28. The number of methoxy groups -OCH3 is 1. The molecule has 3 rings (SSSR count). The molecule has 5 N–H and O–H groups in total. The lowest BCUT2D eigenvalue weighted by Gasteiger charge is -2.27. The lowest BCUT2D eigenvalue weighted by molar-refractivity contribution is -0.147. The predicted octanol–water partition coefficient (Wildman–Crippen LogP) is 0.786. The Balaban J connectivity index is 1.42. The SMILES string of the molecule is C=C(NC(=O)c1csc(-c2ccc(CNC(=O)COCCOC)cc2)n1)C(=O)NC(=C)C(=O)OCC1CC(C(N)=O)CCO1. The molecule has 1 fully saturated rings. The van der Waals surface area contributed by atoms with Crippen LogP contribution in [0.3, 0.4) is 0 Å². The van der Waals surface area contributed by atoms with Crippen LogP contribution in [-0.2, 0) is 44.7 Å². The number of esters is 1. The molecule has 0 aliphatic carbocycles. The summed E-state index contributed by atoms with van der Waals surface area (Å²) < 4.78 is 20.6.